The standard InChI is InChI=1S/C9H13N5O4S/c1-2-6-12-13-8(19-6)11-9(18)14(3-5(10)15)4-7(16)17/h2-4H2,1H3,(H2,10,15)(H,16,17)(H,11,13,18). The van der Waals surface area contributed by atoms with Gasteiger partial charge in [0.1, 0.15) is 18.1 Å². The summed E-state index contributed by atoms with van der Waals surface area (Å²) in [4.78, 5) is 33.9. The highest BCUT2D eigenvalue weighted by Gasteiger charge is 2.20. The number of aromatic nitrogens is 2. The third kappa shape index (κ3) is 4.87. The van der Waals surface area contributed by atoms with E-state index in [1.165, 1.54) is 11.3 Å². The van der Waals surface area contributed by atoms with Gasteiger partial charge in [0.25, 0.3) is 0 Å². The van der Waals surface area contributed by atoms with E-state index in [2.05, 4.69) is 15.5 Å². The number of carboxylic acid groups (broad SMARTS) is 1. The van der Waals surface area contributed by atoms with E-state index in [-0.39, 0.29) is 5.13 Å². The van der Waals surface area contributed by atoms with Crippen LogP contribution >= 0.6 is 11.3 Å². The van der Waals surface area contributed by atoms with Crippen molar-refractivity contribution in [3.05, 3.63) is 5.01 Å². The van der Waals surface area contributed by atoms with E-state index in [0.717, 1.165) is 9.91 Å². The number of urea groups is 1. The van der Waals surface area contributed by atoms with E-state index in [9.17, 15) is 14.4 Å². The Hall–Kier alpha value is -2.23. The predicted molar refractivity (Wildman–Crippen MR) is 66.7 cm³/mol. The second kappa shape index (κ2) is 6.64. The summed E-state index contributed by atoms with van der Waals surface area (Å²) in [7, 11) is 0. The number of aryl methyl sites for hydroxylation is 1. The first-order chi connectivity index (χ1) is 8.92. The predicted octanol–water partition coefficient (Wildman–Crippen LogP) is -0.496. The minimum atomic E-state index is -1.25. The Balaban J connectivity index is 2.69. The fourth-order valence-electron chi connectivity index (χ4n) is 1.17. The van der Waals surface area contributed by atoms with Crippen molar-refractivity contribution < 1.29 is 19.5 Å². The van der Waals surface area contributed by atoms with Gasteiger partial charge in [-0.2, -0.15) is 0 Å². The van der Waals surface area contributed by atoms with E-state index >= 15 is 0 Å². The van der Waals surface area contributed by atoms with Crippen molar-refractivity contribution >= 4 is 34.4 Å². The second-order valence-corrected chi connectivity index (χ2v) is 4.56. The summed E-state index contributed by atoms with van der Waals surface area (Å²) in [5, 5.41) is 19.5. The highest BCUT2D eigenvalue weighted by Crippen LogP contribution is 2.15. The summed E-state index contributed by atoms with van der Waals surface area (Å²) >= 11 is 1.17. The average molecular weight is 287 g/mol. The van der Waals surface area contributed by atoms with Gasteiger partial charge in [-0.15, -0.1) is 10.2 Å². The molecule has 104 valence electrons. The molecule has 0 saturated heterocycles. The maximum Gasteiger partial charge on any atom is 0.324 e. The van der Waals surface area contributed by atoms with Crippen LogP contribution in [0.2, 0.25) is 0 Å². The van der Waals surface area contributed by atoms with Crippen LogP contribution < -0.4 is 11.1 Å². The van der Waals surface area contributed by atoms with Gasteiger partial charge in [-0.1, -0.05) is 18.3 Å². The summed E-state index contributed by atoms with van der Waals surface area (Å²) in [6.45, 7) is 0.766. The number of hydrogen-bond acceptors (Lipinski definition) is 6. The molecule has 0 saturated carbocycles. The quantitative estimate of drug-likeness (QED) is 0.645. The molecule has 3 amide bonds. The molecule has 0 atom stereocenters. The third-order valence-corrected chi connectivity index (χ3v) is 2.93. The molecule has 0 bridgehead atoms. The lowest BCUT2D eigenvalue weighted by Crippen LogP contribution is -2.43. The van der Waals surface area contributed by atoms with Crippen LogP contribution in [-0.2, 0) is 16.0 Å². The molecule has 0 spiro atoms. The molecule has 0 aliphatic rings. The zero-order valence-electron chi connectivity index (χ0n) is 10.1. The maximum absolute atomic E-state index is 11.8. The Kier molecular flexibility index (Phi) is 5.18. The molecular formula is C9H13N5O4S. The maximum atomic E-state index is 11.8. The number of aliphatic carboxylic acids is 1. The fourth-order valence-corrected chi connectivity index (χ4v) is 1.84. The smallest absolute Gasteiger partial charge is 0.324 e. The van der Waals surface area contributed by atoms with E-state index < -0.39 is 31.0 Å². The number of rotatable bonds is 6. The molecule has 0 aromatic carbocycles. The molecule has 0 fully saturated rings. The van der Waals surface area contributed by atoms with Gasteiger partial charge in [-0.25, -0.2) is 4.79 Å². The Labute approximate surface area is 112 Å². The van der Waals surface area contributed by atoms with Crippen LogP contribution in [0, 0.1) is 0 Å². The molecule has 1 rings (SSSR count). The fraction of sp³-hybridized carbons (Fsp3) is 0.444. The van der Waals surface area contributed by atoms with E-state index in [1.54, 1.807) is 0 Å². The molecule has 0 unspecified atom stereocenters. The van der Waals surface area contributed by atoms with E-state index in [4.69, 9.17) is 10.8 Å². The van der Waals surface area contributed by atoms with Crippen LogP contribution in [0.4, 0.5) is 9.93 Å². The van der Waals surface area contributed by atoms with Gasteiger partial charge in [-0.05, 0) is 6.42 Å². The largest absolute Gasteiger partial charge is 0.480 e. The Bertz CT molecular complexity index is 473. The normalized spacial score (nSPS) is 9.95. The van der Waals surface area contributed by atoms with Crippen molar-refractivity contribution in [2.45, 2.75) is 13.3 Å². The van der Waals surface area contributed by atoms with Crippen LogP contribution in [0.3, 0.4) is 0 Å². The lowest BCUT2D eigenvalue weighted by atomic mass is 10.5. The van der Waals surface area contributed by atoms with Crippen LogP contribution in [0.15, 0.2) is 0 Å². The molecule has 10 heteroatoms. The number of primary amides is 1. The van der Waals surface area contributed by atoms with Crippen LogP contribution in [0.5, 0.6) is 0 Å². The summed E-state index contributed by atoms with van der Waals surface area (Å²) in [5.74, 6) is -2.05. The highest BCUT2D eigenvalue weighted by molar-refractivity contribution is 7.15. The minimum Gasteiger partial charge on any atom is -0.480 e. The summed E-state index contributed by atoms with van der Waals surface area (Å²) in [5.41, 5.74) is 4.95. The van der Waals surface area contributed by atoms with Crippen molar-refractivity contribution in [2.75, 3.05) is 18.4 Å². The number of carbonyl (C=O) groups is 3. The minimum absolute atomic E-state index is 0.238. The molecule has 1 aromatic heterocycles. The van der Waals surface area contributed by atoms with Gasteiger partial charge >= 0.3 is 12.0 Å². The molecule has 19 heavy (non-hydrogen) atoms. The molecule has 0 radical (unpaired) electrons. The van der Waals surface area contributed by atoms with Gasteiger partial charge in [0, 0.05) is 0 Å². The summed E-state index contributed by atoms with van der Waals surface area (Å²) in [6.07, 6.45) is 0.674. The van der Waals surface area contributed by atoms with Crippen molar-refractivity contribution in [1.29, 1.82) is 0 Å². The average Bonchev–Trinajstić information content (AvgIpc) is 2.74. The van der Waals surface area contributed by atoms with Crippen molar-refractivity contribution in [3.63, 3.8) is 0 Å². The van der Waals surface area contributed by atoms with Crippen molar-refractivity contribution in [3.8, 4) is 0 Å². The number of nitrogens with two attached hydrogens (primary N) is 1. The zero-order valence-corrected chi connectivity index (χ0v) is 10.9. The van der Waals surface area contributed by atoms with E-state index in [0.29, 0.717) is 6.42 Å². The highest BCUT2D eigenvalue weighted by atomic mass is 32.1. The molecule has 1 aromatic rings. The molecule has 0 aliphatic carbocycles. The second-order valence-electron chi connectivity index (χ2n) is 3.50. The SMILES string of the molecule is CCc1nnc(NC(=O)N(CC(N)=O)CC(=O)O)s1. The molecule has 1 heterocycles. The zero-order chi connectivity index (χ0) is 14.4. The molecular weight excluding hydrogens is 274 g/mol. The number of nitrogens with zero attached hydrogens (tertiary/aromatic N) is 3. The lowest BCUT2D eigenvalue weighted by molar-refractivity contribution is -0.137. The monoisotopic (exact) mass is 287 g/mol. The topological polar surface area (TPSA) is 139 Å². The third-order valence-electron chi connectivity index (χ3n) is 1.94. The van der Waals surface area contributed by atoms with Gasteiger partial charge in [-0.3, -0.25) is 14.9 Å². The number of amides is 3. The number of hydrogen-bond donors (Lipinski definition) is 3. The number of nitrogens with one attached hydrogen (secondary N) is 1. The Morgan fingerprint density at radius 2 is 2.05 bits per heavy atom. The summed E-state index contributed by atoms with van der Waals surface area (Å²) in [6, 6.07) is -0.764. The van der Waals surface area contributed by atoms with E-state index in [1.807, 2.05) is 6.92 Å². The van der Waals surface area contributed by atoms with Gasteiger partial charge in [0.05, 0.1) is 0 Å². The molecule has 0 aliphatic heterocycles. The number of anilines is 1. The van der Waals surface area contributed by atoms with Crippen LogP contribution in [-0.4, -0.2) is 51.2 Å². The first kappa shape index (κ1) is 14.8. The van der Waals surface area contributed by atoms with Crippen molar-refractivity contribution in [1.82, 2.24) is 15.1 Å². The first-order valence-corrected chi connectivity index (χ1v) is 6.12. The number of carbonyl (C=O) groups excluding carboxylic acids is 2. The first-order valence-electron chi connectivity index (χ1n) is 5.30. The Morgan fingerprint density at radius 1 is 1.37 bits per heavy atom. The number of carboxylic acids is 1. The van der Waals surface area contributed by atoms with Gasteiger partial charge in [0.2, 0.25) is 11.0 Å². The van der Waals surface area contributed by atoms with Crippen molar-refractivity contribution in [2.24, 2.45) is 5.73 Å². The Morgan fingerprint density at radius 3 is 2.53 bits per heavy atom. The van der Waals surface area contributed by atoms with Crippen LogP contribution in [0.25, 0.3) is 0 Å². The summed E-state index contributed by atoms with van der Waals surface area (Å²) < 4.78 is 0. The lowest BCUT2D eigenvalue weighted by Gasteiger charge is -2.18. The molecule has 4 N–H and O–H groups in total. The van der Waals surface area contributed by atoms with Gasteiger partial charge < -0.3 is 15.7 Å². The molecule has 9 nitrogen and oxygen atoms in total. The van der Waals surface area contributed by atoms with Crippen LogP contribution in [0.1, 0.15) is 11.9 Å². The van der Waals surface area contributed by atoms with Gasteiger partial charge in [0.15, 0.2) is 0 Å².